The van der Waals surface area contributed by atoms with E-state index in [4.69, 9.17) is 5.11 Å². The van der Waals surface area contributed by atoms with E-state index in [1.165, 1.54) is 0 Å². The van der Waals surface area contributed by atoms with Gasteiger partial charge in [-0.2, -0.15) is 0 Å². The lowest BCUT2D eigenvalue weighted by Gasteiger charge is -2.00. The SMILES string of the molecule is Cc1c[nH]c2cccc(CC(=O)O)c12. The molecule has 3 nitrogen and oxygen atoms in total. The van der Waals surface area contributed by atoms with Gasteiger partial charge in [0.25, 0.3) is 0 Å². The Morgan fingerprint density at radius 3 is 3.00 bits per heavy atom. The third-order valence-corrected chi connectivity index (χ3v) is 2.33. The number of carbonyl (C=O) groups is 1. The van der Waals surface area contributed by atoms with E-state index in [0.717, 1.165) is 22.0 Å². The normalized spacial score (nSPS) is 10.6. The van der Waals surface area contributed by atoms with Crippen LogP contribution in [0.15, 0.2) is 24.4 Å². The van der Waals surface area contributed by atoms with Gasteiger partial charge < -0.3 is 10.1 Å². The topological polar surface area (TPSA) is 53.1 Å². The number of carboxylic acids is 1. The van der Waals surface area contributed by atoms with Crippen LogP contribution in [-0.2, 0) is 11.2 Å². The predicted octanol–water partition coefficient (Wildman–Crippen LogP) is 2.10. The van der Waals surface area contributed by atoms with Crippen molar-refractivity contribution in [1.29, 1.82) is 0 Å². The summed E-state index contributed by atoms with van der Waals surface area (Å²) in [6.07, 6.45) is 1.98. The lowest BCUT2D eigenvalue weighted by atomic mass is 10.0. The molecule has 0 aliphatic rings. The number of rotatable bonds is 2. The van der Waals surface area contributed by atoms with Crippen LogP contribution < -0.4 is 0 Å². The number of H-pyrrole nitrogens is 1. The first-order valence-corrected chi connectivity index (χ1v) is 4.46. The molecule has 2 rings (SSSR count). The van der Waals surface area contributed by atoms with Gasteiger partial charge in [-0.15, -0.1) is 0 Å². The molecule has 0 aliphatic heterocycles. The molecule has 72 valence electrons. The Bertz CT molecular complexity index is 485. The number of hydrogen-bond donors (Lipinski definition) is 2. The van der Waals surface area contributed by atoms with E-state index in [2.05, 4.69) is 4.98 Å². The van der Waals surface area contributed by atoms with E-state index >= 15 is 0 Å². The van der Waals surface area contributed by atoms with Crippen molar-refractivity contribution in [3.8, 4) is 0 Å². The average molecular weight is 189 g/mol. The lowest BCUT2D eigenvalue weighted by molar-refractivity contribution is -0.136. The molecule has 1 aromatic carbocycles. The Balaban J connectivity index is 2.63. The van der Waals surface area contributed by atoms with Crippen LogP contribution in [0.5, 0.6) is 0 Å². The number of nitrogens with one attached hydrogen (secondary N) is 1. The number of fused-ring (bicyclic) bond motifs is 1. The van der Waals surface area contributed by atoms with Gasteiger partial charge in [0, 0.05) is 17.1 Å². The summed E-state index contributed by atoms with van der Waals surface area (Å²) in [5, 5.41) is 9.78. The maximum atomic E-state index is 10.6. The Morgan fingerprint density at radius 1 is 1.50 bits per heavy atom. The van der Waals surface area contributed by atoms with Gasteiger partial charge in [-0.05, 0) is 24.1 Å². The van der Waals surface area contributed by atoms with E-state index in [1.54, 1.807) is 0 Å². The standard InChI is InChI=1S/C11H11NO2/c1-7-6-12-9-4-2-3-8(11(7)9)5-10(13)14/h2-4,6,12H,5H2,1H3,(H,13,14). The van der Waals surface area contributed by atoms with Crippen LogP contribution in [0.1, 0.15) is 11.1 Å². The number of hydrogen-bond acceptors (Lipinski definition) is 1. The molecule has 0 bridgehead atoms. The summed E-state index contributed by atoms with van der Waals surface area (Å²) in [5.74, 6) is -0.793. The first-order chi connectivity index (χ1) is 6.68. The Labute approximate surface area is 81.4 Å². The molecule has 1 aromatic heterocycles. The summed E-state index contributed by atoms with van der Waals surface area (Å²) >= 11 is 0. The monoisotopic (exact) mass is 189 g/mol. The molecule has 2 N–H and O–H groups in total. The van der Waals surface area contributed by atoms with Gasteiger partial charge in [-0.25, -0.2) is 0 Å². The van der Waals surface area contributed by atoms with Crippen molar-refractivity contribution < 1.29 is 9.90 Å². The second-order valence-corrected chi connectivity index (χ2v) is 3.38. The van der Waals surface area contributed by atoms with Gasteiger partial charge >= 0.3 is 5.97 Å². The summed E-state index contributed by atoms with van der Waals surface area (Å²) in [4.78, 5) is 13.7. The Hall–Kier alpha value is -1.77. The zero-order valence-electron chi connectivity index (χ0n) is 7.87. The molecule has 0 amide bonds. The van der Waals surface area contributed by atoms with Gasteiger partial charge in [-0.1, -0.05) is 12.1 Å². The molecule has 0 saturated carbocycles. The van der Waals surface area contributed by atoms with Crippen LogP contribution in [0.2, 0.25) is 0 Å². The van der Waals surface area contributed by atoms with Crippen molar-refractivity contribution in [2.75, 3.05) is 0 Å². The Morgan fingerprint density at radius 2 is 2.29 bits per heavy atom. The van der Waals surface area contributed by atoms with Crippen molar-refractivity contribution in [2.24, 2.45) is 0 Å². The maximum absolute atomic E-state index is 10.6. The highest BCUT2D eigenvalue weighted by Crippen LogP contribution is 2.22. The first-order valence-electron chi connectivity index (χ1n) is 4.46. The quantitative estimate of drug-likeness (QED) is 0.760. The van der Waals surface area contributed by atoms with Crippen molar-refractivity contribution in [3.05, 3.63) is 35.5 Å². The fourth-order valence-electron chi connectivity index (χ4n) is 1.75. The summed E-state index contributed by atoms with van der Waals surface area (Å²) < 4.78 is 0. The second kappa shape index (κ2) is 3.18. The third-order valence-electron chi connectivity index (χ3n) is 2.33. The average Bonchev–Trinajstić information content (AvgIpc) is 2.48. The molecule has 3 heteroatoms. The number of aromatic amines is 1. The molecule has 2 aromatic rings. The zero-order chi connectivity index (χ0) is 10.1. The largest absolute Gasteiger partial charge is 0.481 e. The van der Waals surface area contributed by atoms with Crippen LogP contribution in [0.3, 0.4) is 0 Å². The van der Waals surface area contributed by atoms with E-state index in [0.29, 0.717) is 0 Å². The highest BCUT2D eigenvalue weighted by Gasteiger charge is 2.07. The summed E-state index contributed by atoms with van der Waals surface area (Å²) in [5.41, 5.74) is 2.96. The highest BCUT2D eigenvalue weighted by molar-refractivity contribution is 5.89. The molecular formula is C11H11NO2. The maximum Gasteiger partial charge on any atom is 0.307 e. The number of aliphatic carboxylic acids is 1. The molecule has 0 unspecified atom stereocenters. The van der Waals surface area contributed by atoms with E-state index in [1.807, 2.05) is 31.3 Å². The molecule has 0 spiro atoms. The highest BCUT2D eigenvalue weighted by atomic mass is 16.4. The van der Waals surface area contributed by atoms with Gasteiger partial charge in [0.05, 0.1) is 6.42 Å². The zero-order valence-corrected chi connectivity index (χ0v) is 7.87. The molecule has 0 saturated heterocycles. The van der Waals surface area contributed by atoms with Gasteiger partial charge in [0.15, 0.2) is 0 Å². The van der Waals surface area contributed by atoms with Crippen LogP contribution in [0.25, 0.3) is 10.9 Å². The molecule has 1 heterocycles. The van der Waals surface area contributed by atoms with Crippen molar-refractivity contribution >= 4 is 16.9 Å². The fourth-order valence-corrected chi connectivity index (χ4v) is 1.75. The van der Waals surface area contributed by atoms with Crippen LogP contribution in [-0.4, -0.2) is 16.1 Å². The summed E-state index contributed by atoms with van der Waals surface area (Å²) in [6, 6.07) is 5.68. The number of aryl methyl sites for hydroxylation is 1. The van der Waals surface area contributed by atoms with Crippen molar-refractivity contribution in [3.63, 3.8) is 0 Å². The number of benzene rings is 1. The summed E-state index contributed by atoms with van der Waals surface area (Å²) in [6.45, 7) is 1.98. The third kappa shape index (κ3) is 1.37. The summed E-state index contributed by atoms with van der Waals surface area (Å²) in [7, 11) is 0. The van der Waals surface area contributed by atoms with Gasteiger partial charge in [0.2, 0.25) is 0 Å². The van der Waals surface area contributed by atoms with Crippen LogP contribution in [0, 0.1) is 6.92 Å². The van der Waals surface area contributed by atoms with Crippen LogP contribution in [0.4, 0.5) is 0 Å². The van der Waals surface area contributed by atoms with E-state index < -0.39 is 5.97 Å². The Kier molecular flexibility index (Phi) is 2.00. The number of aromatic nitrogens is 1. The predicted molar refractivity (Wildman–Crippen MR) is 54.4 cm³/mol. The molecule has 14 heavy (non-hydrogen) atoms. The minimum Gasteiger partial charge on any atom is -0.481 e. The van der Waals surface area contributed by atoms with Gasteiger partial charge in [-0.3, -0.25) is 4.79 Å². The van der Waals surface area contributed by atoms with E-state index in [9.17, 15) is 4.79 Å². The van der Waals surface area contributed by atoms with Crippen molar-refractivity contribution in [1.82, 2.24) is 4.98 Å². The number of carboxylic acid groups (broad SMARTS) is 1. The fraction of sp³-hybridized carbons (Fsp3) is 0.182. The second-order valence-electron chi connectivity index (χ2n) is 3.38. The molecule has 0 fully saturated rings. The van der Waals surface area contributed by atoms with Crippen LogP contribution >= 0.6 is 0 Å². The lowest BCUT2D eigenvalue weighted by Crippen LogP contribution is -2.00. The van der Waals surface area contributed by atoms with Crippen molar-refractivity contribution in [2.45, 2.75) is 13.3 Å². The molecule has 0 atom stereocenters. The minimum absolute atomic E-state index is 0.0794. The van der Waals surface area contributed by atoms with E-state index in [-0.39, 0.29) is 6.42 Å². The van der Waals surface area contributed by atoms with Gasteiger partial charge in [0.1, 0.15) is 0 Å². The smallest absolute Gasteiger partial charge is 0.307 e. The molecule has 0 aliphatic carbocycles. The molecular weight excluding hydrogens is 178 g/mol. The minimum atomic E-state index is -0.793. The molecule has 0 radical (unpaired) electrons. The first kappa shape index (κ1) is 8.81.